The molecule has 2 aromatic rings. The smallest absolute Gasteiger partial charge is 0.408 e. The molecule has 2 saturated heterocycles. The van der Waals surface area contributed by atoms with E-state index in [9.17, 15) is 19.2 Å². The van der Waals surface area contributed by atoms with Gasteiger partial charge in [0.1, 0.15) is 35.6 Å². The summed E-state index contributed by atoms with van der Waals surface area (Å²) in [7, 11) is 0. The Labute approximate surface area is 335 Å². The molecule has 0 unspecified atom stereocenters. The first-order valence-electron chi connectivity index (χ1n) is 20.8. The summed E-state index contributed by atoms with van der Waals surface area (Å²) in [5, 5.41) is 6.64. The minimum atomic E-state index is -1.27. The fourth-order valence-electron chi connectivity index (χ4n) is 8.69. The van der Waals surface area contributed by atoms with E-state index in [1.54, 1.807) is 6.08 Å². The topological polar surface area (TPSA) is 175 Å². The van der Waals surface area contributed by atoms with Crippen molar-refractivity contribution in [2.45, 2.75) is 115 Å². The number of nitrogens with two attached hydrogens (primary N) is 1. The van der Waals surface area contributed by atoms with Gasteiger partial charge in [-0.1, -0.05) is 45.8 Å². The van der Waals surface area contributed by atoms with Gasteiger partial charge in [-0.3, -0.25) is 19.3 Å². The number of hydrogen-bond donors (Lipinski definition) is 3. The number of morpholine rings is 1. The van der Waals surface area contributed by atoms with Crippen LogP contribution in [-0.2, 0) is 30.3 Å². The first-order chi connectivity index (χ1) is 27.3. The van der Waals surface area contributed by atoms with E-state index >= 15 is 0 Å². The van der Waals surface area contributed by atoms with Gasteiger partial charge in [-0.05, 0) is 74.5 Å². The Morgan fingerprint density at radius 3 is 2.65 bits per heavy atom. The van der Waals surface area contributed by atoms with Crippen LogP contribution in [0.15, 0.2) is 30.9 Å². The van der Waals surface area contributed by atoms with Crippen LogP contribution < -0.4 is 25.8 Å². The van der Waals surface area contributed by atoms with Crippen LogP contribution in [0.4, 0.5) is 4.79 Å². The van der Waals surface area contributed by atoms with Gasteiger partial charge in [0.25, 0.3) is 0 Å². The lowest BCUT2D eigenvalue weighted by Crippen LogP contribution is -2.59. The van der Waals surface area contributed by atoms with Crippen molar-refractivity contribution in [3.8, 4) is 11.6 Å². The van der Waals surface area contributed by atoms with Crippen LogP contribution in [0.25, 0.3) is 10.9 Å². The SMILES string of the molecule is C=C[C@@H]1C[C@]1(NC(=O)[C@@H]1C[C@@H]2CN1C(=O)[C@H](C(C)(C)C)NC(=O)O[C@@H]1C[C@H]1CCCCCc1c(nc3cc(C)ccc3c1OCCCN1CCOCC1)O2)C(N)=O. The molecule has 4 N–H and O–H groups in total. The molecule has 14 heteroatoms. The molecule has 1 aromatic heterocycles. The van der Waals surface area contributed by atoms with Crippen LogP contribution in [0.5, 0.6) is 11.6 Å². The van der Waals surface area contributed by atoms with E-state index in [1.807, 2.05) is 33.8 Å². The zero-order chi connectivity index (χ0) is 40.5. The van der Waals surface area contributed by atoms with E-state index in [-0.39, 0.29) is 30.9 Å². The predicted octanol–water partition coefficient (Wildman–Crippen LogP) is 4.18. The largest absolute Gasteiger partial charge is 0.492 e. The fourth-order valence-corrected chi connectivity index (χ4v) is 8.69. The lowest BCUT2D eigenvalue weighted by molar-refractivity contribution is -0.142. The number of aryl methyl sites for hydroxylation is 1. The number of carbonyl (C=O) groups excluding carboxylic acids is 4. The molecule has 14 nitrogen and oxygen atoms in total. The third-order valence-electron chi connectivity index (χ3n) is 12.3. The van der Waals surface area contributed by atoms with Gasteiger partial charge in [-0.25, -0.2) is 9.78 Å². The summed E-state index contributed by atoms with van der Waals surface area (Å²) in [6.45, 7) is 16.2. The number of ether oxygens (including phenoxy) is 4. The molecular formula is C43H60N6O8. The summed E-state index contributed by atoms with van der Waals surface area (Å²) in [5.74, 6) is -0.486. The number of hydrogen-bond acceptors (Lipinski definition) is 10. The van der Waals surface area contributed by atoms with E-state index in [0.29, 0.717) is 25.3 Å². The molecule has 1 aromatic carbocycles. The second-order valence-corrected chi connectivity index (χ2v) is 17.7. The average Bonchev–Trinajstić information content (AvgIpc) is 4.04. The number of alkyl carbamates (subject to hydrolysis) is 1. The lowest BCUT2D eigenvalue weighted by Gasteiger charge is -2.35. The molecule has 2 aliphatic carbocycles. The van der Waals surface area contributed by atoms with E-state index < -0.39 is 53.0 Å². The Bertz CT molecular complexity index is 1860. The highest BCUT2D eigenvalue weighted by atomic mass is 16.6. The van der Waals surface area contributed by atoms with Crippen LogP contribution in [0.1, 0.15) is 83.3 Å². The number of benzene rings is 1. The maximum absolute atomic E-state index is 14.7. The van der Waals surface area contributed by atoms with Gasteiger partial charge in [-0.15, -0.1) is 6.58 Å². The zero-order valence-corrected chi connectivity index (χ0v) is 34.0. The molecule has 4 heterocycles. The number of primary amides is 1. The van der Waals surface area contributed by atoms with Gasteiger partial charge >= 0.3 is 6.09 Å². The first-order valence-corrected chi connectivity index (χ1v) is 20.8. The third kappa shape index (κ3) is 9.17. The van der Waals surface area contributed by atoms with Gasteiger partial charge in [0.15, 0.2) is 0 Å². The van der Waals surface area contributed by atoms with E-state index in [1.165, 1.54) is 4.90 Å². The summed E-state index contributed by atoms with van der Waals surface area (Å²) < 4.78 is 24.9. The number of nitrogens with one attached hydrogen (secondary N) is 2. The zero-order valence-electron chi connectivity index (χ0n) is 34.0. The van der Waals surface area contributed by atoms with Crippen LogP contribution in [0.2, 0.25) is 0 Å². The molecule has 4 fully saturated rings. The number of carbonyl (C=O) groups is 4. The molecule has 57 heavy (non-hydrogen) atoms. The highest BCUT2D eigenvalue weighted by Gasteiger charge is 2.60. The van der Waals surface area contributed by atoms with Crippen molar-refractivity contribution < 1.29 is 38.1 Å². The number of amides is 4. The van der Waals surface area contributed by atoms with Gasteiger partial charge in [-0.2, -0.15) is 0 Å². The Morgan fingerprint density at radius 1 is 1.14 bits per heavy atom. The summed E-state index contributed by atoms with van der Waals surface area (Å²) in [6.07, 6.45) is 6.62. The predicted molar refractivity (Wildman–Crippen MR) is 214 cm³/mol. The van der Waals surface area contributed by atoms with Crippen LogP contribution in [0.3, 0.4) is 0 Å². The highest BCUT2D eigenvalue weighted by Crippen LogP contribution is 2.45. The molecule has 2 saturated carbocycles. The lowest BCUT2D eigenvalue weighted by atomic mass is 9.85. The molecule has 0 radical (unpaired) electrons. The van der Waals surface area contributed by atoms with Crippen LogP contribution in [0, 0.1) is 24.2 Å². The van der Waals surface area contributed by atoms with Gasteiger partial charge in [0, 0.05) is 37.4 Å². The molecule has 4 amide bonds. The van der Waals surface area contributed by atoms with Crippen molar-refractivity contribution in [2.75, 3.05) is 46.0 Å². The molecule has 7 atom stereocenters. The van der Waals surface area contributed by atoms with Crippen molar-refractivity contribution in [1.82, 2.24) is 25.4 Å². The fraction of sp³-hybridized carbons (Fsp3) is 0.651. The molecule has 0 spiro atoms. The van der Waals surface area contributed by atoms with E-state index in [0.717, 1.165) is 99.2 Å². The third-order valence-corrected chi connectivity index (χ3v) is 12.3. The maximum atomic E-state index is 14.7. The van der Waals surface area contributed by atoms with E-state index in [4.69, 9.17) is 29.7 Å². The number of nitrogens with zero attached hydrogens (tertiary/aromatic N) is 3. The van der Waals surface area contributed by atoms with Gasteiger partial charge in [0.2, 0.25) is 23.6 Å². The van der Waals surface area contributed by atoms with Crippen molar-refractivity contribution >= 4 is 34.7 Å². The molecular weight excluding hydrogens is 729 g/mol. The number of rotatable bonds is 9. The summed E-state index contributed by atoms with van der Waals surface area (Å²) >= 11 is 0. The Hall–Kier alpha value is -4.43. The Morgan fingerprint density at radius 2 is 1.93 bits per heavy atom. The normalized spacial score (nSPS) is 29.7. The monoisotopic (exact) mass is 788 g/mol. The standard InChI is InChI=1S/C43H60N6O8/c1-6-28-24-43(28,40(44)52)47-37(50)33-23-29-25-49(33)39(51)36(42(3,4)5)46-41(53)57-34-22-27(34)11-8-7-9-12-31-35(55-18-10-15-48-16-19-54-20-17-48)30-14-13-26(2)21-32(30)45-38(31)56-29/h6,13-14,21,27-29,33-34,36H,1,7-12,15-20,22-25H2,2-5H3,(H2,44,52)(H,46,53)(H,47,50)/t27-,28-,29-,33+,34-,36-,43-/m1/s1. The van der Waals surface area contributed by atoms with Crippen molar-refractivity contribution in [1.29, 1.82) is 0 Å². The van der Waals surface area contributed by atoms with Crippen LogP contribution in [-0.4, -0.2) is 114 Å². The second kappa shape index (κ2) is 16.8. The number of pyridine rings is 1. The van der Waals surface area contributed by atoms with Crippen molar-refractivity contribution in [3.63, 3.8) is 0 Å². The Kier molecular flexibility index (Phi) is 12.0. The highest BCUT2D eigenvalue weighted by molar-refractivity contribution is 5.98. The van der Waals surface area contributed by atoms with Crippen molar-refractivity contribution in [3.05, 3.63) is 42.0 Å². The number of fused-ring (bicyclic) bond motifs is 5. The first kappa shape index (κ1) is 40.8. The van der Waals surface area contributed by atoms with Crippen LogP contribution >= 0.6 is 0 Å². The summed E-state index contributed by atoms with van der Waals surface area (Å²) in [5.41, 5.74) is 6.44. The minimum absolute atomic E-state index is 0.0437. The van der Waals surface area contributed by atoms with Gasteiger partial charge < -0.3 is 40.2 Å². The van der Waals surface area contributed by atoms with Gasteiger partial charge in [0.05, 0.1) is 37.4 Å². The minimum Gasteiger partial charge on any atom is -0.492 e. The van der Waals surface area contributed by atoms with E-state index in [2.05, 4.69) is 34.2 Å². The molecule has 5 aliphatic rings. The molecule has 310 valence electrons. The maximum Gasteiger partial charge on any atom is 0.408 e. The summed E-state index contributed by atoms with van der Waals surface area (Å²) in [4.78, 5) is 63.8. The molecule has 7 rings (SSSR count). The number of aromatic nitrogens is 1. The summed E-state index contributed by atoms with van der Waals surface area (Å²) in [6, 6.07) is 4.11. The van der Waals surface area contributed by atoms with Crippen molar-refractivity contribution in [2.24, 2.45) is 23.0 Å². The molecule has 3 aliphatic heterocycles. The Balaban J connectivity index is 1.23. The quantitative estimate of drug-likeness (QED) is 0.247. The average molecular weight is 789 g/mol. The molecule has 2 bridgehead atoms. The second-order valence-electron chi connectivity index (χ2n) is 17.7.